The summed E-state index contributed by atoms with van der Waals surface area (Å²) >= 11 is 0.859. The maximum atomic E-state index is 13.9. The molecule has 4 rings (SSSR count). The number of aromatic nitrogens is 1. The molecular weight excluding hydrogens is 471 g/mol. The van der Waals surface area contributed by atoms with Crippen molar-refractivity contribution in [3.63, 3.8) is 0 Å². The molecule has 8 nitrogen and oxygen atoms in total. The zero-order valence-electron chi connectivity index (χ0n) is 19.4. The van der Waals surface area contributed by atoms with Crippen LogP contribution in [0.15, 0.2) is 11.4 Å². The zero-order valence-corrected chi connectivity index (χ0v) is 20.3. The lowest BCUT2D eigenvalue weighted by Gasteiger charge is -2.61. The summed E-state index contributed by atoms with van der Waals surface area (Å²) in [6.07, 6.45) is -4.27. The first kappa shape index (κ1) is 24.5. The van der Waals surface area contributed by atoms with E-state index in [-0.39, 0.29) is 39.1 Å². The fourth-order valence-electron chi connectivity index (χ4n) is 5.22. The van der Waals surface area contributed by atoms with E-state index < -0.39 is 23.7 Å². The Morgan fingerprint density at radius 3 is 2.47 bits per heavy atom. The van der Waals surface area contributed by atoms with Crippen LogP contribution in [-0.2, 0) is 6.18 Å². The largest absolute Gasteiger partial charge is 0.465 e. The predicted molar refractivity (Wildman–Crippen MR) is 124 cm³/mol. The summed E-state index contributed by atoms with van der Waals surface area (Å²) in [7, 11) is 5.29. The van der Waals surface area contributed by atoms with Gasteiger partial charge in [-0.1, -0.05) is 0 Å². The number of rotatable bonds is 4. The Hall–Kier alpha value is -2.60. The minimum Gasteiger partial charge on any atom is -0.465 e. The summed E-state index contributed by atoms with van der Waals surface area (Å²) in [5.74, 6) is -0.216. The van der Waals surface area contributed by atoms with Crippen molar-refractivity contribution in [2.75, 3.05) is 45.7 Å². The van der Waals surface area contributed by atoms with Crippen molar-refractivity contribution in [3.05, 3.63) is 22.6 Å². The number of carbonyl (C=O) groups is 2. The summed E-state index contributed by atoms with van der Waals surface area (Å²) in [5, 5.41) is 13.5. The quantitative estimate of drug-likeness (QED) is 0.669. The molecule has 0 spiro atoms. The molecule has 2 aromatic rings. The van der Waals surface area contributed by atoms with E-state index in [1.165, 1.54) is 17.3 Å². The van der Waals surface area contributed by atoms with Crippen molar-refractivity contribution in [1.29, 1.82) is 0 Å². The highest BCUT2D eigenvalue weighted by Gasteiger charge is 2.56. The Morgan fingerprint density at radius 2 is 1.94 bits per heavy atom. The lowest BCUT2D eigenvalue weighted by Crippen LogP contribution is -2.77. The molecule has 2 atom stereocenters. The second kappa shape index (κ2) is 8.56. The van der Waals surface area contributed by atoms with Crippen LogP contribution in [0.2, 0.25) is 0 Å². The van der Waals surface area contributed by atoms with Crippen molar-refractivity contribution < 1.29 is 27.9 Å². The predicted octanol–water partition coefficient (Wildman–Crippen LogP) is 3.57. The molecule has 2 aliphatic rings. The van der Waals surface area contributed by atoms with Crippen LogP contribution < -0.4 is 10.2 Å². The molecule has 0 saturated carbocycles. The average Bonchev–Trinajstić information content (AvgIpc) is 3.19. The van der Waals surface area contributed by atoms with Crippen molar-refractivity contribution in [2.45, 2.75) is 37.5 Å². The Bertz CT molecular complexity index is 1110. The topological polar surface area (TPSA) is 89.0 Å². The molecule has 0 bridgehead atoms. The molecule has 2 aliphatic heterocycles. The number of hydrogen-bond acceptors (Lipinski definition) is 6. The minimum atomic E-state index is -4.58. The molecule has 0 aromatic carbocycles. The highest BCUT2D eigenvalue weighted by atomic mass is 32.1. The van der Waals surface area contributed by atoms with Gasteiger partial charge in [0.25, 0.3) is 5.91 Å². The minimum absolute atomic E-state index is 0.0486. The van der Waals surface area contributed by atoms with E-state index in [1.807, 2.05) is 25.9 Å². The number of carboxylic acid groups (broad SMARTS) is 1. The standard InChI is InChI=1S/C22H28F3N5O3S/c1-21(28(3)4)11-30(20(32)33)18(21)12-5-7-29(8-6-12)15-9-14(22(23,24)25)17-16(27-15)13(10-34-17)19(31)26-2/h9-10,12,18H,5-8,11H2,1-4H3,(H,26,31)(H,32,33). The van der Waals surface area contributed by atoms with E-state index in [9.17, 15) is 27.9 Å². The number of piperidine rings is 1. The number of nitrogens with one attached hydrogen (secondary N) is 1. The molecule has 2 fully saturated rings. The molecular formula is C22H28F3N5O3S. The molecule has 0 radical (unpaired) electrons. The number of likely N-dealkylation sites (N-methyl/N-ethyl adjacent to an activating group) is 1. The van der Waals surface area contributed by atoms with E-state index in [0.29, 0.717) is 32.5 Å². The first-order valence-corrected chi connectivity index (χ1v) is 11.9. The summed E-state index contributed by atoms with van der Waals surface area (Å²) in [6, 6.07) is 0.879. The Balaban J connectivity index is 1.62. The molecule has 2 unspecified atom stereocenters. The maximum Gasteiger partial charge on any atom is 0.417 e. The third-order valence-corrected chi connectivity index (χ3v) is 8.33. The van der Waals surface area contributed by atoms with Gasteiger partial charge in [-0.05, 0) is 45.8 Å². The molecule has 0 aliphatic carbocycles. The fraction of sp³-hybridized carbons (Fsp3) is 0.591. The van der Waals surface area contributed by atoms with Gasteiger partial charge in [0.1, 0.15) is 5.82 Å². The summed E-state index contributed by atoms with van der Waals surface area (Å²) in [4.78, 5) is 33.7. The van der Waals surface area contributed by atoms with Crippen molar-refractivity contribution in [3.8, 4) is 0 Å². The average molecular weight is 500 g/mol. The number of fused-ring (bicyclic) bond motifs is 1. The Labute approximate surface area is 199 Å². The summed E-state index contributed by atoms with van der Waals surface area (Å²) < 4.78 is 41.5. The first-order chi connectivity index (χ1) is 15.9. The molecule has 2 amide bonds. The molecule has 186 valence electrons. The second-order valence-corrected chi connectivity index (χ2v) is 10.2. The number of thiophene rings is 1. The van der Waals surface area contributed by atoms with Crippen LogP contribution in [0.5, 0.6) is 0 Å². The van der Waals surface area contributed by atoms with Gasteiger partial charge in [0.15, 0.2) is 0 Å². The van der Waals surface area contributed by atoms with Gasteiger partial charge in [-0.2, -0.15) is 13.2 Å². The monoisotopic (exact) mass is 499 g/mol. The smallest absolute Gasteiger partial charge is 0.417 e. The van der Waals surface area contributed by atoms with Crippen LogP contribution in [0.25, 0.3) is 10.2 Å². The molecule has 2 saturated heterocycles. The number of alkyl halides is 3. The normalized spacial score (nSPS) is 23.9. The number of pyridine rings is 1. The Morgan fingerprint density at radius 1 is 1.29 bits per heavy atom. The SMILES string of the molecule is CNC(=O)c1csc2c(C(F)(F)F)cc(N3CCC(C4N(C(=O)O)CC4(C)N(C)C)CC3)nc12. The first-order valence-electron chi connectivity index (χ1n) is 11.0. The van der Waals surface area contributed by atoms with Crippen LogP contribution in [0, 0.1) is 5.92 Å². The zero-order chi connectivity index (χ0) is 25.0. The van der Waals surface area contributed by atoms with Crippen LogP contribution in [-0.4, -0.2) is 84.2 Å². The molecule has 4 heterocycles. The van der Waals surface area contributed by atoms with Crippen LogP contribution in [0.4, 0.5) is 23.8 Å². The maximum absolute atomic E-state index is 13.9. The summed E-state index contributed by atoms with van der Waals surface area (Å²) in [5.41, 5.74) is -0.915. The van der Waals surface area contributed by atoms with Crippen molar-refractivity contribution >= 4 is 39.4 Å². The number of nitrogens with zero attached hydrogens (tertiary/aromatic N) is 4. The number of halogens is 3. The van der Waals surface area contributed by atoms with E-state index in [4.69, 9.17) is 0 Å². The van der Waals surface area contributed by atoms with Gasteiger partial charge in [-0.15, -0.1) is 11.3 Å². The molecule has 2 aromatic heterocycles. The number of anilines is 1. The third kappa shape index (κ3) is 3.96. The highest BCUT2D eigenvalue weighted by molar-refractivity contribution is 7.17. The van der Waals surface area contributed by atoms with Crippen LogP contribution in [0.3, 0.4) is 0 Å². The van der Waals surface area contributed by atoms with Crippen LogP contribution >= 0.6 is 11.3 Å². The van der Waals surface area contributed by atoms with Crippen LogP contribution in [0.1, 0.15) is 35.7 Å². The number of likely N-dealkylation sites (tertiary alicyclic amines) is 1. The van der Waals surface area contributed by atoms with Gasteiger partial charge >= 0.3 is 12.3 Å². The lowest BCUT2D eigenvalue weighted by atomic mass is 9.70. The highest BCUT2D eigenvalue weighted by Crippen LogP contribution is 2.43. The fourth-order valence-corrected chi connectivity index (χ4v) is 6.25. The summed E-state index contributed by atoms with van der Waals surface area (Å²) in [6.45, 7) is 3.38. The molecule has 12 heteroatoms. The van der Waals surface area contributed by atoms with Crippen molar-refractivity contribution in [2.24, 2.45) is 5.92 Å². The van der Waals surface area contributed by atoms with Gasteiger partial charge in [-0.3, -0.25) is 4.79 Å². The van der Waals surface area contributed by atoms with E-state index in [2.05, 4.69) is 10.3 Å². The number of hydrogen-bond donors (Lipinski definition) is 2. The van der Waals surface area contributed by atoms with Gasteiger partial charge in [0, 0.05) is 32.1 Å². The van der Waals surface area contributed by atoms with Gasteiger partial charge < -0.3 is 25.1 Å². The van der Waals surface area contributed by atoms with Crippen molar-refractivity contribution in [1.82, 2.24) is 20.1 Å². The van der Waals surface area contributed by atoms with E-state index in [1.54, 1.807) is 4.90 Å². The number of amides is 2. The van der Waals surface area contributed by atoms with Gasteiger partial charge in [-0.25, -0.2) is 9.78 Å². The molecule has 2 N–H and O–H groups in total. The third-order valence-electron chi connectivity index (χ3n) is 7.33. The lowest BCUT2D eigenvalue weighted by molar-refractivity contribution is -0.136. The van der Waals surface area contributed by atoms with Gasteiger partial charge in [0.2, 0.25) is 0 Å². The number of carbonyl (C=O) groups excluding carboxylic acids is 1. The molecule has 34 heavy (non-hydrogen) atoms. The Kier molecular flexibility index (Phi) is 6.17. The van der Waals surface area contributed by atoms with Gasteiger partial charge in [0.05, 0.1) is 32.9 Å². The van der Waals surface area contributed by atoms with E-state index in [0.717, 1.165) is 17.4 Å². The second-order valence-electron chi connectivity index (χ2n) is 9.36. The van der Waals surface area contributed by atoms with E-state index >= 15 is 0 Å².